The lowest BCUT2D eigenvalue weighted by molar-refractivity contribution is -0.130. The standard InChI is InChI=1S/C36H52N4O5/c1-39-21-13-7-5-3-2-4-6-8-14-24-45-33-18-12-11-17-31(33)35(42)38-32(19-20-34(39)41)36(43)37-27-29-15-9-10-16-30(29)28-40-22-25-44-26-23-40/h9-12,15-18,32H,2-8,13-14,19-28H2,1H3,(H,37,43)(H,38,42)/t32-/m0/s1. The molecule has 0 saturated carbocycles. The van der Waals surface area contributed by atoms with Crippen LogP contribution in [0.5, 0.6) is 5.75 Å². The Hall–Kier alpha value is -3.43. The van der Waals surface area contributed by atoms with Gasteiger partial charge in [-0.25, -0.2) is 0 Å². The number of nitrogens with zero attached hydrogens (tertiary/aromatic N) is 2. The molecular weight excluding hydrogens is 568 g/mol. The highest BCUT2D eigenvalue weighted by Gasteiger charge is 2.25. The summed E-state index contributed by atoms with van der Waals surface area (Å²) in [5.41, 5.74) is 2.57. The molecule has 3 amide bonds. The maximum absolute atomic E-state index is 13.6. The molecule has 1 saturated heterocycles. The summed E-state index contributed by atoms with van der Waals surface area (Å²) >= 11 is 0. The van der Waals surface area contributed by atoms with Crippen LogP contribution in [0, 0.1) is 0 Å². The van der Waals surface area contributed by atoms with Gasteiger partial charge in [0.2, 0.25) is 11.8 Å². The molecule has 9 nitrogen and oxygen atoms in total. The van der Waals surface area contributed by atoms with E-state index in [1.54, 1.807) is 23.1 Å². The molecule has 2 N–H and O–H groups in total. The van der Waals surface area contributed by atoms with E-state index in [2.05, 4.69) is 21.6 Å². The van der Waals surface area contributed by atoms with E-state index in [0.717, 1.165) is 69.7 Å². The van der Waals surface area contributed by atoms with Crippen LogP contribution in [0.3, 0.4) is 0 Å². The van der Waals surface area contributed by atoms with Gasteiger partial charge in [-0.1, -0.05) is 81.3 Å². The minimum atomic E-state index is -0.872. The molecule has 1 fully saturated rings. The zero-order valence-electron chi connectivity index (χ0n) is 27.1. The number of morpholine rings is 1. The third-order valence-electron chi connectivity index (χ3n) is 8.79. The molecule has 2 aliphatic rings. The molecule has 0 unspecified atom stereocenters. The summed E-state index contributed by atoms with van der Waals surface area (Å²) in [6.45, 7) is 5.56. The van der Waals surface area contributed by atoms with Crippen molar-refractivity contribution in [2.45, 2.75) is 89.8 Å². The summed E-state index contributed by atoms with van der Waals surface area (Å²) in [7, 11) is 1.82. The Morgan fingerprint density at radius 1 is 0.822 bits per heavy atom. The fourth-order valence-corrected chi connectivity index (χ4v) is 5.93. The van der Waals surface area contributed by atoms with Gasteiger partial charge in [-0.3, -0.25) is 19.3 Å². The van der Waals surface area contributed by atoms with Crippen molar-refractivity contribution in [3.05, 3.63) is 65.2 Å². The molecule has 0 bridgehead atoms. The summed E-state index contributed by atoms with van der Waals surface area (Å²) in [4.78, 5) is 44.3. The minimum absolute atomic E-state index is 0.0208. The number of fused-ring (bicyclic) bond motifs is 1. The molecule has 2 aromatic rings. The van der Waals surface area contributed by atoms with Crippen LogP contribution in [-0.4, -0.2) is 80.1 Å². The van der Waals surface area contributed by atoms with Crippen molar-refractivity contribution in [3.8, 4) is 5.75 Å². The van der Waals surface area contributed by atoms with E-state index in [4.69, 9.17) is 9.47 Å². The van der Waals surface area contributed by atoms with Crippen LogP contribution < -0.4 is 15.4 Å². The van der Waals surface area contributed by atoms with E-state index in [1.807, 2.05) is 31.3 Å². The number of ether oxygens (including phenoxy) is 2. The van der Waals surface area contributed by atoms with Gasteiger partial charge in [0, 0.05) is 46.2 Å². The first-order valence-electron chi connectivity index (χ1n) is 16.9. The van der Waals surface area contributed by atoms with Crippen molar-refractivity contribution in [2.24, 2.45) is 0 Å². The number of nitrogens with one attached hydrogen (secondary N) is 2. The van der Waals surface area contributed by atoms with Gasteiger partial charge in [0.15, 0.2) is 0 Å². The fraction of sp³-hybridized carbons (Fsp3) is 0.583. The smallest absolute Gasteiger partial charge is 0.255 e. The van der Waals surface area contributed by atoms with Gasteiger partial charge in [-0.05, 0) is 42.5 Å². The average molecular weight is 621 g/mol. The van der Waals surface area contributed by atoms with E-state index in [1.165, 1.54) is 32.1 Å². The van der Waals surface area contributed by atoms with Crippen LogP contribution in [0.4, 0.5) is 0 Å². The predicted octanol–water partition coefficient (Wildman–Crippen LogP) is 5.08. The van der Waals surface area contributed by atoms with E-state index in [-0.39, 0.29) is 30.6 Å². The molecule has 246 valence electrons. The van der Waals surface area contributed by atoms with E-state index < -0.39 is 6.04 Å². The van der Waals surface area contributed by atoms with Gasteiger partial charge in [0.1, 0.15) is 11.8 Å². The van der Waals surface area contributed by atoms with E-state index in [0.29, 0.717) is 31.0 Å². The summed E-state index contributed by atoms with van der Waals surface area (Å²) in [5.74, 6) is -0.206. The minimum Gasteiger partial charge on any atom is -0.493 e. The third-order valence-corrected chi connectivity index (χ3v) is 8.79. The first kappa shape index (κ1) is 34.4. The number of carbonyl (C=O) groups excluding carboxylic acids is 3. The quantitative estimate of drug-likeness (QED) is 0.484. The highest BCUT2D eigenvalue weighted by Crippen LogP contribution is 2.20. The van der Waals surface area contributed by atoms with Crippen molar-refractivity contribution < 1.29 is 23.9 Å². The van der Waals surface area contributed by atoms with Crippen molar-refractivity contribution in [1.82, 2.24) is 20.4 Å². The Labute approximate surface area is 269 Å². The second-order valence-electron chi connectivity index (χ2n) is 12.3. The number of rotatable bonds is 5. The molecule has 9 heteroatoms. The Morgan fingerprint density at radius 2 is 1.47 bits per heavy atom. The Kier molecular flexibility index (Phi) is 14.7. The molecule has 2 heterocycles. The summed E-state index contributed by atoms with van der Waals surface area (Å²) in [5, 5.41) is 5.98. The fourth-order valence-electron chi connectivity index (χ4n) is 5.93. The van der Waals surface area contributed by atoms with Crippen LogP contribution in [0.15, 0.2) is 48.5 Å². The van der Waals surface area contributed by atoms with Crippen LogP contribution in [0.1, 0.15) is 92.1 Å². The second-order valence-corrected chi connectivity index (χ2v) is 12.3. The lowest BCUT2D eigenvalue weighted by Gasteiger charge is -2.27. The highest BCUT2D eigenvalue weighted by molar-refractivity contribution is 5.99. The Bertz CT molecular complexity index is 1220. The second kappa shape index (κ2) is 19.2. The maximum Gasteiger partial charge on any atom is 0.255 e. The number of hydrogen-bond donors (Lipinski definition) is 2. The Balaban J connectivity index is 1.45. The monoisotopic (exact) mass is 620 g/mol. The SMILES string of the molecule is CN1CCCCCCCCCCCOc2ccccc2C(=O)N[C@H](C(=O)NCc2ccccc2CN2CCOCC2)CCC1=O. The maximum atomic E-state index is 13.6. The van der Waals surface area contributed by atoms with Crippen LogP contribution in [-0.2, 0) is 27.4 Å². The normalized spacial score (nSPS) is 20.6. The summed E-state index contributed by atoms with van der Waals surface area (Å²) < 4.78 is 11.5. The third kappa shape index (κ3) is 11.8. The van der Waals surface area contributed by atoms with E-state index in [9.17, 15) is 14.4 Å². The molecule has 4 rings (SSSR count). The largest absolute Gasteiger partial charge is 0.493 e. The van der Waals surface area contributed by atoms with Crippen LogP contribution in [0.25, 0.3) is 0 Å². The molecule has 0 aliphatic carbocycles. The molecule has 45 heavy (non-hydrogen) atoms. The van der Waals surface area contributed by atoms with Gasteiger partial charge in [-0.15, -0.1) is 0 Å². The van der Waals surface area contributed by atoms with Crippen molar-refractivity contribution >= 4 is 17.7 Å². The van der Waals surface area contributed by atoms with Gasteiger partial charge >= 0.3 is 0 Å². The molecule has 0 radical (unpaired) electrons. The highest BCUT2D eigenvalue weighted by atomic mass is 16.5. The first-order chi connectivity index (χ1) is 22.0. The van der Waals surface area contributed by atoms with Crippen molar-refractivity contribution in [1.29, 1.82) is 0 Å². The number of amides is 3. The lowest BCUT2D eigenvalue weighted by atomic mass is 10.1. The topological polar surface area (TPSA) is 100 Å². The van der Waals surface area contributed by atoms with Crippen LogP contribution in [0.2, 0.25) is 0 Å². The molecule has 2 aromatic carbocycles. The van der Waals surface area contributed by atoms with Gasteiger partial charge in [-0.2, -0.15) is 0 Å². The number of para-hydroxylation sites is 1. The number of carbonyl (C=O) groups is 3. The van der Waals surface area contributed by atoms with Gasteiger partial charge < -0.3 is 25.0 Å². The first-order valence-corrected chi connectivity index (χ1v) is 16.9. The lowest BCUT2D eigenvalue weighted by Crippen LogP contribution is -2.47. The zero-order chi connectivity index (χ0) is 31.7. The summed E-state index contributed by atoms with van der Waals surface area (Å²) in [6.07, 6.45) is 10.5. The molecule has 2 aliphatic heterocycles. The predicted molar refractivity (Wildman–Crippen MR) is 176 cm³/mol. The van der Waals surface area contributed by atoms with Gasteiger partial charge in [0.05, 0.1) is 25.4 Å². The van der Waals surface area contributed by atoms with E-state index >= 15 is 0 Å². The molecule has 0 aromatic heterocycles. The zero-order valence-corrected chi connectivity index (χ0v) is 27.1. The number of hydrogen-bond acceptors (Lipinski definition) is 6. The summed E-state index contributed by atoms with van der Waals surface area (Å²) in [6, 6.07) is 14.4. The van der Waals surface area contributed by atoms with Gasteiger partial charge in [0.25, 0.3) is 5.91 Å². The van der Waals surface area contributed by atoms with Crippen molar-refractivity contribution in [3.63, 3.8) is 0 Å². The van der Waals surface area contributed by atoms with Crippen molar-refractivity contribution in [2.75, 3.05) is 46.5 Å². The molecular formula is C36H52N4O5. The average Bonchev–Trinajstić information content (AvgIpc) is 3.06. The number of benzene rings is 2. The Morgan fingerprint density at radius 3 is 2.22 bits per heavy atom. The van der Waals surface area contributed by atoms with Crippen LogP contribution >= 0.6 is 0 Å². The molecule has 0 spiro atoms. The molecule has 1 atom stereocenters.